The first-order chi connectivity index (χ1) is 35.2. The molecule has 0 amide bonds. The van der Waals surface area contributed by atoms with Crippen LogP contribution in [0.25, 0.3) is 138 Å². The van der Waals surface area contributed by atoms with Crippen molar-refractivity contribution in [2.75, 3.05) is 0 Å². The summed E-state index contributed by atoms with van der Waals surface area (Å²) in [5.41, 5.74) is 17.6. The average molecular weight is 904 g/mol. The Balaban J connectivity index is 0.988. The summed E-state index contributed by atoms with van der Waals surface area (Å²) in [5, 5.41) is 9.77. The summed E-state index contributed by atoms with van der Waals surface area (Å²) in [6.45, 7) is 0. The van der Waals surface area contributed by atoms with Crippen molar-refractivity contribution in [3.05, 3.63) is 249 Å². The van der Waals surface area contributed by atoms with Gasteiger partial charge < -0.3 is 13.5 Å². The van der Waals surface area contributed by atoms with Crippen molar-refractivity contribution in [2.24, 2.45) is 0 Å². The Morgan fingerprint density at radius 2 is 0.718 bits per heavy atom. The molecule has 0 radical (unpaired) electrons. The van der Waals surface area contributed by atoms with Gasteiger partial charge in [-0.15, -0.1) is 0 Å². The molecular formula is C66H41N5. The molecule has 0 saturated heterocycles. The first-order valence-electron chi connectivity index (χ1n) is 24.2. The average Bonchev–Trinajstić information content (AvgIpc) is 4.12. The third-order valence-electron chi connectivity index (χ3n) is 14.6. The molecule has 0 atom stereocenters. The SMILES string of the molecule is c1ccc(-c2cc(-c3ccccc3)nc(-c3cccc(-n4c5ccc(-c6ccc7c(c6)c6ccccc6n7-c6ccccc6)cc5c5ccc6c(cc7c8ccccc8c8ccccc8n76)c54)c3)n2)cc1. The van der Waals surface area contributed by atoms with Crippen molar-refractivity contribution >= 4 is 81.7 Å². The molecule has 0 aliphatic heterocycles. The van der Waals surface area contributed by atoms with E-state index in [4.69, 9.17) is 9.97 Å². The lowest BCUT2D eigenvalue weighted by atomic mass is 10.0. The van der Waals surface area contributed by atoms with Gasteiger partial charge in [-0.1, -0.05) is 170 Å². The maximum absolute atomic E-state index is 5.26. The van der Waals surface area contributed by atoms with E-state index in [2.05, 4.69) is 250 Å². The Morgan fingerprint density at radius 1 is 0.239 bits per heavy atom. The summed E-state index contributed by atoms with van der Waals surface area (Å²) in [5.74, 6) is 0.678. The number of benzene rings is 10. The summed E-state index contributed by atoms with van der Waals surface area (Å²) in [6, 6.07) is 89.8. The van der Waals surface area contributed by atoms with Crippen LogP contribution in [-0.2, 0) is 0 Å². The van der Waals surface area contributed by atoms with Crippen LogP contribution in [0.3, 0.4) is 0 Å². The summed E-state index contributed by atoms with van der Waals surface area (Å²) in [4.78, 5) is 10.5. The minimum atomic E-state index is 0.678. The Labute approximate surface area is 408 Å². The maximum Gasteiger partial charge on any atom is 0.160 e. The lowest BCUT2D eigenvalue weighted by Crippen LogP contribution is -1.98. The Hall–Kier alpha value is -9.58. The molecule has 0 bridgehead atoms. The van der Waals surface area contributed by atoms with Gasteiger partial charge in [0.1, 0.15) is 0 Å². The number of pyridine rings is 1. The van der Waals surface area contributed by atoms with Crippen molar-refractivity contribution in [1.82, 2.24) is 23.5 Å². The van der Waals surface area contributed by atoms with E-state index < -0.39 is 0 Å². The normalized spacial score (nSPS) is 11.9. The molecule has 330 valence electrons. The fourth-order valence-electron chi connectivity index (χ4n) is 11.4. The largest absolute Gasteiger partial charge is 0.309 e. The Kier molecular flexibility index (Phi) is 8.59. The molecule has 0 unspecified atom stereocenters. The number of hydrogen-bond donors (Lipinski definition) is 0. The van der Waals surface area contributed by atoms with Crippen molar-refractivity contribution in [3.8, 4) is 56.4 Å². The van der Waals surface area contributed by atoms with E-state index in [0.717, 1.165) is 50.5 Å². The highest BCUT2D eigenvalue weighted by Crippen LogP contribution is 2.43. The zero-order valence-corrected chi connectivity index (χ0v) is 38.4. The van der Waals surface area contributed by atoms with E-state index in [1.165, 1.54) is 81.8 Å². The van der Waals surface area contributed by atoms with Gasteiger partial charge in [0.05, 0.1) is 50.0 Å². The molecule has 71 heavy (non-hydrogen) atoms. The topological polar surface area (TPSA) is 40.0 Å². The van der Waals surface area contributed by atoms with E-state index in [0.29, 0.717) is 5.82 Å². The van der Waals surface area contributed by atoms with Gasteiger partial charge in [-0.05, 0) is 95.4 Å². The minimum absolute atomic E-state index is 0.678. The molecule has 0 N–H and O–H groups in total. The van der Waals surface area contributed by atoms with Crippen LogP contribution in [0.15, 0.2) is 249 Å². The molecule has 10 aromatic carbocycles. The van der Waals surface area contributed by atoms with Crippen LogP contribution < -0.4 is 0 Å². The third kappa shape index (κ3) is 6.06. The first-order valence-corrected chi connectivity index (χ1v) is 24.2. The fourth-order valence-corrected chi connectivity index (χ4v) is 11.4. The molecule has 0 fully saturated rings. The molecule has 0 aliphatic carbocycles. The van der Waals surface area contributed by atoms with E-state index >= 15 is 0 Å². The predicted octanol–water partition coefficient (Wildman–Crippen LogP) is 17.1. The Morgan fingerprint density at radius 3 is 1.39 bits per heavy atom. The van der Waals surface area contributed by atoms with Crippen LogP contribution in [0.2, 0.25) is 0 Å². The number of fused-ring (bicyclic) bond motifs is 15. The van der Waals surface area contributed by atoms with Crippen molar-refractivity contribution in [1.29, 1.82) is 0 Å². The summed E-state index contributed by atoms with van der Waals surface area (Å²) in [6.07, 6.45) is 0. The molecule has 15 aromatic rings. The number of para-hydroxylation sites is 3. The second-order valence-electron chi connectivity index (χ2n) is 18.6. The van der Waals surface area contributed by atoms with E-state index in [-0.39, 0.29) is 0 Å². The summed E-state index contributed by atoms with van der Waals surface area (Å²) >= 11 is 0. The van der Waals surface area contributed by atoms with Crippen LogP contribution in [0.1, 0.15) is 0 Å². The number of hydrogen-bond acceptors (Lipinski definition) is 2. The zero-order valence-electron chi connectivity index (χ0n) is 38.4. The minimum Gasteiger partial charge on any atom is -0.309 e. The molecule has 15 rings (SSSR count). The van der Waals surface area contributed by atoms with Crippen molar-refractivity contribution in [2.45, 2.75) is 0 Å². The molecule has 5 heterocycles. The molecule has 0 aliphatic rings. The van der Waals surface area contributed by atoms with Gasteiger partial charge >= 0.3 is 0 Å². The van der Waals surface area contributed by atoms with Crippen molar-refractivity contribution < 1.29 is 0 Å². The lowest BCUT2D eigenvalue weighted by molar-refractivity contribution is 1.16. The molecular weight excluding hydrogens is 863 g/mol. The second kappa shape index (κ2) is 15.5. The van der Waals surface area contributed by atoms with Gasteiger partial charge in [-0.25, -0.2) is 9.97 Å². The number of rotatable bonds is 6. The Bertz CT molecular complexity index is 4560. The van der Waals surface area contributed by atoms with Gasteiger partial charge in [0.2, 0.25) is 0 Å². The monoisotopic (exact) mass is 903 g/mol. The maximum atomic E-state index is 5.26. The predicted molar refractivity (Wildman–Crippen MR) is 296 cm³/mol. The van der Waals surface area contributed by atoms with Crippen LogP contribution in [0.4, 0.5) is 0 Å². The van der Waals surface area contributed by atoms with Crippen molar-refractivity contribution in [3.63, 3.8) is 0 Å². The number of nitrogens with zero attached hydrogens (tertiary/aromatic N) is 5. The number of aromatic nitrogens is 5. The van der Waals surface area contributed by atoms with Crippen LogP contribution in [0.5, 0.6) is 0 Å². The van der Waals surface area contributed by atoms with Gasteiger partial charge in [0.15, 0.2) is 5.82 Å². The van der Waals surface area contributed by atoms with Gasteiger partial charge in [-0.3, -0.25) is 0 Å². The van der Waals surface area contributed by atoms with Crippen LogP contribution >= 0.6 is 0 Å². The molecule has 0 saturated carbocycles. The smallest absolute Gasteiger partial charge is 0.160 e. The molecule has 0 spiro atoms. The highest BCUT2D eigenvalue weighted by atomic mass is 15.0. The van der Waals surface area contributed by atoms with Gasteiger partial charge in [0.25, 0.3) is 0 Å². The highest BCUT2D eigenvalue weighted by Gasteiger charge is 2.22. The molecule has 5 heteroatoms. The van der Waals surface area contributed by atoms with Crippen LogP contribution in [-0.4, -0.2) is 23.5 Å². The fraction of sp³-hybridized carbons (Fsp3) is 0. The van der Waals surface area contributed by atoms with Gasteiger partial charge in [-0.2, -0.15) is 0 Å². The van der Waals surface area contributed by atoms with Crippen LogP contribution in [0, 0.1) is 0 Å². The van der Waals surface area contributed by atoms with Gasteiger partial charge in [0, 0.05) is 65.8 Å². The highest BCUT2D eigenvalue weighted by molar-refractivity contribution is 6.23. The van der Waals surface area contributed by atoms with E-state index in [1.807, 2.05) is 12.1 Å². The van der Waals surface area contributed by atoms with E-state index in [9.17, 15) is 0 Å². The molecule has 5 nitrogen and oxygen atoms in total. The third-order valence-corrected chi connectivity index (χ3v) is 14.6. The summed E-state index contributed by atoms with van der Waals surface area (Å²) < 4.78 is 7.32. The standard InChI is InChI=1S/C66H41N5/c1-4-17-42(18-5-1)57-41-58(43-19-6-2-7-20-43)68-66(67-57)46-21-16-24-48(37-46)70-62-35-32-45(44-31-34-61-54(38-44)52-28-13-14-29-59(52)69(61)47-22-8-3-9-23-47)39-55(62)53-33-36-63-56(65(53)70)40-64-51-27-11-10-25-49(51)50-26-12-15-30-60(50)71(63)64/h1-41H. The summed E-state index contributed by atoms with van der Waals surface area (Å²) in [7, 11) is 0. The quantitative estimate of drug-likeness (QED) is 0.156. The zero-order chi connectivity index (χ0) is 46.6. The lowest BCUT2D eigenvalue weighted by Gasteiger charge is -2.13. The molecule has 5 aromatic heterocycles. The van der Waals surface area contributed by atoms with E-state index in [1.54, 1.807) is 0 Å². The first kappa shape index (κ1) is 39.4. The second-order valence-corrected chi connectivity index (χ2v) is 18.6.